The van der Waals surface area contributed by atoms with Crippen molar-refractivity contribution >= 4 is 33.3 Å². The molecule has 4 nitrogen and oxygen atoms in total. The Morgan fingerprint density at radius 2 is 2.00 bits per heavy atom. The molecule has 100 valence electrons. The predicted molar refractivity (Wildman–Crippen MR) is 82.7 cm³/mol. The summed E-state index contributed by atoms with van der Waals surface area (Å²) in [6.07, 6.45) is 0. The second-order valence-corrected chi connectivity index (χ2v) is 5.11. The van der Waals surface area contributed by atoms with Crippen LogP contribution in [0.4, 0.5) is 16.2 Å². The first-order valence-electron chi connectivity index (χ1n) is 5.93. The van der Waals surface area contributed by atoms with Crippen molar-refractivity contribution in [2.75, 3.05) is 10.6 Å². The number of anilines is 2. The Balaban J connectivity index is 2.07. The maximum Gasteiger partial charge on any atom is 0.323 e. The van der Waals surface area contributed by atoms with E-state index in [9.17, 15) is 4.79 Å². The summed E-state index contributed by atoms with van der Waals surface area (Å²) < 4.78 is 0.818. The number of nitrogens with zero attached hydrogens (tertiary/aromatic N) is 1. The number of aryl methyl sites for hydroxylation is 1. The molecule has 0 bridgehead atoms. The van der Waals surface area contributed by atoms with Crippen molar-refractivity contribution in [2.45, 2.75) is 6.92 Å². The van der Waals surface area contributed by atoms with Crippen LogP contribution < -0.4 is 10.6 Å². The van der Waals surface area contributed by atoms with Crippen LogP contribution in [0.15, 0.2) is 46.9 Å². The van der Waals surface area contributed by atoms with Gasteiger partial charge in [0.05, 0.1) is 17.3 Å². The Bertz CT molecular complexity index is 692. The highest BCUT2D eigenvalue weighted by atomic mass is 79.9. The van der Waals surface area contributed by atoms with Crippen LogP contribution in [0.2, 0.25) is 0 Å². The molecule has 0 heterocycles. The fourth-order valence-corrected chi connectivity index (χ4v) is 2.27. The van der Waals surface area contributed by atoms with Crippen LogP contribution in [-0.2, 0) is 0 Å². The lowest BCUT2D eigenvalue weighted by Crippen LogP contribution is -2.19. The number of hydrogen-bond donors (Lipinski definition) is 2. The first kappa shape index (κ1) is 14.1. The lowest BCUT2D eigenvalue weighted by molar-refractivity contribution is 0.262. The summed E-state index contributed by atoms with van der Waals surface area (Å²) in [6.45, 7) is 1.97. The number of nitriles is 1. The molecule has 2 rings (SSSR count). The van der Waals surface area contributed by atoms with Gasteiger partial charge < -0.3 is 10.6 Å². The van der Waals surface area contributed by atoms with Gasteiger partial charge in [0.25, 0.3) is 0 Å². The number of benzene rings is 2. The number of carbonyl (C=O) groups is 1. The summed E-state index contributed by atoms with van der Waals surface area (Å²) >= 11 is 3.40. The molecule has 0 spiro atoms. The van der Waals surface area contributed by atoms with Crippen LogP contribution in [0.5, 0.6) is 0 Å². The Hall–Kier alpha value is -2.32. The van der Waals surface area contributed by atoms with E-state index < -0.39 is 0 Å². The van der Waals surface area contributed by atoms with E-state index in [4.69, 9.17) is 5.26 Å². The zero-order valence-corrected chi connectivity index (χ0v) is 12.4. The second kappa shape index (κ2) is 6.22. The third-order valence-corrected chi connectivity index (χ3v) is 3.28. The molecule has 2 N–H and O–H groups in total. The third-order valence-electron chi connectivity index (χ3n) is 2.62. The number of urea groups is 1. The van der Waals surface area contributed by atoms with Crippen LogP contribution in [-0.4, -0.2) is 6.03 Å². The molecular formula is C15H12BrN3O. The topological polar surface area (TPSA) is 64.9 Å². The van der Waals surface area contributed by atoms with E-state index in [1.165, 1.54) is 0 Å². The van der Waals surface area contributed by atoms with E-state index in [2.05, 4.69) is 26.6 Å². The minimum atomic E-state index is -0.357. The molecule has 0 aromatic heterocycles. The van der Waals surface area contributed by atoms with Crippen LogP contribution in [0.25, 0.3) is 0 Å². The Morgan fingerprint density at radius 1 is 1.20 bits per heavy atom. The van der Waals surface area contributed by atoms with E-state index >= 15 is 0 Å². The second-order valence-electron chi connectivity index (χ2n) is 4.26. The molecule has 5 heteroatoms. The van der Waals surface area contributed by atoms with Crippen LogP contribution in [0.1, 0.15) is 11.1 Å². The first-order chi connectivity index (χ1) is 9.58. The van der Waals surface area contributed by atoms with E-state index in [0.29, 0.717) is 16.9 Å². The minimum Gasteiger partial charge on any atom is -0.308 e. The van der Waals surface area contributed by atoms with Gasteiger partial charge in [-0.15, -0.1) is 0 Å². The smallest absolute Gasteiger partial charge is 0.308 e. The van der Waals surface area contributed by atoms with Crippen molar-refractivity contribution in [1.82, 2.24) is 0 Å². The fraction of sp³-hybridized carbons (Fsp3) is 0.0667. The number of carbonyl (C=O) groups excluding carboxylic acids is 1. The van der Waals surface area contributed by atoms with Gasteiger partial charge in [-0.05, 0) is 58.7 Å². The zero-order valence-electron chi connectivity index (χ0n) is 10.8. The molecule has 2 aromatic carbocycles. The molecule has 2 amide bonds. The van der Waals surface area contributed by atoms with Gasteiger partial charge in [0.2, 0.25) is 0 Å². The number of nitrogens with one attached hydrogen (secondary N) is 2. The molecule has 0 atom stereocenters. The van der Waals surface area contributed by atoms with Crippen LogP contribution >= 0.6 is 15.9 Å². The highest BCUT2D eigenvalue weighted by molar-refractivity contribution is 9.10. The standard InChI is InChI=1S/C15H12BrN3O/c1-10-5-6-14(13(16)7-10)19-15(20)18-12-4-2-3-11(8-12)9-17/h2-8H,1H3,(H2,18,19,20). The highest BCUT2D eigenvalue weighted by Crippen LogP contribution is 2.23. The van der Waals surface area contributed by atoms with Crippen molar-refractivity contribution in [3.05, 3.63) is 58.1 Å². The monoisotopic (exact) mass is 329 g/mol. The maximum absolute atomic E-state index is 11.9. The maximum atomic E-state index is 11.9. The Kier molecular flexibility index (Phi) is 4.38. The van der Waals surface area contributed by atoms with Crippen molar-refractivity contribution in [2.24, 2.45) is 0 Å². The zero-order chi connectivity index (χ0) is 14.5. The predicted octanol–water partition coefficient (Wildman–Crippen LogP) is 4.27. The van der Waals surface area contributed by atoms with Crippen molar-refractivity contribution in [3.8, 4) is 6.07 Å². The molecule has 0 aliphatic heterocycles. The van der Waals surface area contributed by atoms with Crippen LogP contribution in [0.3, 0.4) is 0 Å². The highest BCUT2D eigenvalue weighted by Gasteiger charge is 2.06. The SMILES string of the molecule is Cc1ccc(NC(=O)Nc2cccc(C#N)c2)c(Br)c1. The quantitative estimate of drug-likeness (QED) is 0.863. The molecule has 0 unspecified atom stereocenters. The first-order valence-corrected chi connectivity index (χ1v) is 6.72. The van der Waals surface area contributed by atoms with Gasteiger partial charge in [0.15, 0.2) is 0 Å². The molecule has 0 radical (unpaired) electrons. The lowest BCUT2D eigenvalue weighted by Gasteiger charge is -2.09. The third kappa shape index (κ3) is 3.59. The molecule has 2 aromatic rings. The molecule has 0 fully saturated rings. The summed E-state index contributed by atoms with van der Waals surface area (Å²) in [4.78, 5) is 11.9. The van der Waals surface area contributed by atoms with E-state index in [0.717, 1.165) is 10.0 Å². The number of halogens is 1. The van der Waals surface area contributed by atoms with Gasteiger partial charge in [-0.1, -0.05) is 12.1 Å². The van der Waals surface area contributed by atoms with Crippen molar-refractivity contribution in [3.63, 3.8) is 0 Å². The molecule has 0 aliphatic rings. The van der Waals surface area contributed by atoms with Gasteiger partial charge >= 0.3 is 6.03 Å². The largest absolute Gasteiger partial charge is 0.323 e. The molecule has 20 heavy (non-hydrogen) atoms. The molecular weight excluding hydrogens is 318 g/mol. The van der Waals surface area contributed by atoms with Gasteiger partial charge in [0, 0.05) is 10.2 Å². The Labute approximate surface area is 125 Å². The summed E-state index contributed by atoms with van der Waals surface area (Å²) in [7, 11) is 0. The Morgan fingerprint density at radius 3 is 2.70 bits per heavy atom. The molecule has 0 saturated carbocycles. The lowest BCUT2D eigenvalue weighted by atomic mass is 10.2. The summed E-state index contributed by atoms with van der Waals surface area (Å²) in [5.74, 6) is 0. The molecule has 0 saturated heterocycles. The number of hydrogen-bond acceptors (Lipinski definition) is 2. The average molecular weight is 330 g/mol. The fourth-order valence-electron chi connectivity index (χ4n) is 1.67. The van der Waals surface area contributed by atoms with Gasteiger partial charge in [-0.3, -0.25) is 0 Å². The van der Waals surface area contributed by atoms with Gasteiger partial charge in [0.1, 0.15) is 0 Å². The summed E-state index contributed by atoms with van der Waals surface area (Å²) in [5.41, 5.74) is 2.86. The minimum absolute atomic E-state index is 0.357. The van der Waals surface area contributed by atoms with Crippen molar-refractivity contribution < 1.29 is 4.79 Å². The van der Waals surface area contributed by atoms with Crippen molar-refractivity contribution in [1.29, 1.82) is 5.26 Å². The normalized spacial score (nSPS) is 9.65. The molecule has 0 aliphatic carbocycles. The summed E-state index contributed by atoms with van der Waals surface area (Å²) in [6, 6.07) is 14.1. The van der Waals surface area contributed by atoms with E-state index in [1.807, 2.05) is 31.2 Å². The van der Waals surface area contributed by atoms with Gasteiger partial charge in [-0.25, -0.2) is 4.79 Å². The summed E-state index contributed by atoms with van der Waals surface area (Å²) in [5, 5.41) is 14.2. The van der Waals surface area contributed by atoms with E-state index in [1.54, 1.807) is 24.3 Å². The number of rotatable bonds is 2. The van der Waals surface area contributed by atoms with Gasteiger partial charge in [-0.2, -0.15) is 5.26 Å². The average Bonchev–Trinajstić information content (AvgIpc) is 2.42. The van der Waals surface area contributed by atoms with E-state index in [-0.39, 0.29) is 6.03 Å². The van der Waals surface area contributed by atoms with Crippen LogP contribution in [0, 0.1) is 18.3 Å². The number of amides is 2.